The molecule has 1 amide bonds. The zero-order valence-corrected chi connectivity index (χ0v) is 15.1. The number of carbonyl (C=O) groups is 1. The molecule has 1 aromatic carbocycles. The number of thiazole rings is 1. The number of anilines is 1. The number of rotatable bonds is 4. The van der Waals surface area contributed by atoms with Crippen LogP contribution in [0, 0.1) is 6.92 Å². The Morgan fingerprint density at radius 1 is 1.17 bits per heavy atom. The summed E-state index contributed by atoms with van der Waals surface area (Å²) >= 11 is 7.10. The number of hydrogen-bond acceptors (Lipinski definition) is 4. The Hall–Kier alpha value is -1.79. The Labute approximate surface area is 150 Å². The fraction of sp³-hybridized carbons (Fsp3) is 0.412. The fourth-order valence-electron chi connectivity index (χ4n) is 2.91. The highest BCUT2D eigenvalue weighted by Gasteiger charge is 2.21. The van der Waals surface area contributed by atoms with Crippen LogP contribution in [0.2, 0.25) is 5.02 Å². The molecule has 1 aliphatic rings. The number of piperazine rings is 1. The summed E-state index contributed by atoms with van der Waals surface area (Å²) in [5.41, 5.74) is 2.05. The second-order valence-electron chi connectivity index (χ2n) is 5.89. The lowest BCUT2D eigenvalue weighted by Crippen LogP contribution is -2.49. The van der Waals surface area contributed by atoms with Crippen LogP contribution in [-0.4, -0.2) is 41.6 Å². The molecule has 0 aliphatic carbocycles. The lowest BCUT2D eigenvalue weighted by atomic mass is 10.2. The number of hydrogen-bond donors (Lipinski definition) is 0. The van der Waals surface area contributed by atoms with Crippen molar-refractivity contribution >= 4 is 34.5 Å². The SMILES string of the molecule is Cc1csc(=O)n1CCC(=O)N1CCN(c2ccc(Cl)cc2)CC1. The number of aryl methyl sites for hydroxylation is 1. The number of benzene rings is 1. The summed E-state index contributed by atoms with van der Waals surface area (Å²) in [6.07, 6.45) is 0.373. The van der Waals surface area contributed by atoms with E-state index in [-0.39, 0.29) is 10.8 Å². The molecular weight excluding hydrogens is 346 g/mol. The average molecular weight is 366 g/mol. The van der Waals surface area contributed by atoms with E-state index < -0.39 is 0 Å². The summed E-state index contributed by atoms with van der Waals surface area (Å²) in [6.45, 7) is 5.39. The largest absolute Gasteiger partial charge is 0.368 e. The molecule has 0 radical (unpaired) electrons. The van der Waals surface area contributed by atoms with Gasteiger partial charge in [0.2, 0.25) is 5.91 Å². The van der Waals surface area contributed by atoms with Gasteiger partial charge in [-0.2, -0.15) is 0 Å². The number of amides is 1. The minimum atomic E-state index is 0.00728. The molecule has 2 aromatic rings. The number of halogens is 1. The summed E-state index contributed by atoms with van der Waals surface area (Å²) in [5.74, 6) is 0.114. The standard InChI is InChI=1S/C17H20ClN3O2S/c1-13-12-24-17(23)21(13)7-6-16(22)20-10-8-19(9-11-20)15-4-2-14(18)3-5-15/h2-5,12H,6-11H2,1H3. The van der Waals surface area contributed by atoms with E-state index in [1.165, 1.54) is 11.3 Å². The van der Waals surface area contributed by atoms with Crippen molar-refractivity contribution in [2.45, 2.75) is 19.9 Å². The van der Waals surface area contributed by atoms with Gasteiger partial charge in [-0.25, -0.2) is 0 Å². The van der Waals surface area contributed by atoms with E-state index >= 15 is 0 Å². The molecule has 3 rings (SSSR count). The number of carbonyl (C=O) groups excluding carboxylic acids is 1. The van der Waals surface area contributed by atoms with Crippen molar-refractivity contribution in [2.75, 3.05) is 31.1 Å². The molecule has 0 atom stereocenters. The van der Waals surface area contributed by atoms with E-state index in [9.17, 15) is 9.59 Å². The zero-order valence-electron chi connectivity index (χ0n) is 13.6. The molecule has 0 saturated carbocycles. The highest BCUT2D eigenvalue weighted by Crippen LogP contribution is 2.19. The minimum absolute atomic E-state index is 0.00728. The van der Waals surface area contributed by atoms with Crippen molar-refractivity contribution in [1.29, 1.82) is 0 Å². The first kappa shape index (κ1) is 17.0. The quantitative estimate of drug-likeness (QED) is 0.836. The number of nitrogens with zero attached hydrogens (tertiary/aromatic N) is 3. The van der Waals surface area contributed by atoms with Gasteiger partial charge < -0.3 is 14.4 Å². The highest BCUT2D eigenvalue weighted by atomic mass is 35.5. The van der Waals surface area contributed by atoms with Crippen LogP contribution in [0.4, 0.5) is 5.69 Å². The van der Waals surface area contributed by atoms with Crippen LogP contribution in [0.1, 0.15) is 12.1 Å². The van der Waals surface area contributed by atoms with Crippen molar-refractivity contribution in [2.24, 2.45) is 0 Å². The molecule has 5 nitrogen and oxygen atoms in total. The molecule has 24 heavy (non-hydrogen) atoms. The van der Waals surface area contributed by atoms with Crippen molar-refractivity contribution in [3.63, 3.8) is 0 Å². The van der Waals surface area contributed by atoms with Gasteiger partial charge in [0.15, 0.2) is 0 Å². The normalized spacial score (nSPS) is 14.9. The third kappa shape index (κ3) is 3.82. The van der Waals surface area contributed by atoms with Crippen LogP contribution >= 0.6 is 22.9 Å². The molecule has 2 heterocycles. The van der Waals surface area contributed by atoms with Gasteiger partial charge in [0.1, 0.15) is 0 Å². The van der Waals surface area contributed by atoms with E-state index in [4.69, 9.17) is 11.6 Å². The Morgan fingerprint density at radius 2 is 1.83 bits per heavy atom. The van der Waals surface area contributed by atoms with Crippen LogP contribution in [0.5, 0.6) is 0 Å². The molecule has 0 bridgehead atoms. The van der Waals surface area contributed by atoms with Crippen LogP contribution < -0.4 is 9.77 Å². The molecule has 1 aromatic heterocycles. The van der Waals surface area contributed by atoms with Gasteiger partial charge in [-0.15, -0.1) is 0 Å². The highest BCUT2D eigenvalue weighted by molar-refractivity contribution is 7.07. The lowest BCUT2D eigenvalue weighted by Gasteiger charge is -2.36. The smallest absolute Gasteiger partial charge is 0.307 e. The monoisotopic (exact) mass is 365 g/mol. The second kappa shape index (κ2) is 7.40. The van der Waals surface area contributed by atoms with Gasteiger partial charge in [-0.3, -0.25) is 9.59 Å². The predicted molar refractivity (Wildman–Crippen MR) is 98.2 cm³/mol. The zero-order chi connectivity index (χ0) is 17.1. The average Bonchev–Trinajstić information content (AvgIpc) is 2.92. The Balaban J connectivity index is 1.52. The Bertz CT molecular complexity index is 761. The number of aromatic nitrogens is 1. The van der Waals surface area contributed by atoms with Crippen molar-refractivity contribution < 1.29 is 4.79 Å². The predicted octanol–water partition coefficient (Wildman–Crippen LogP) is 2.61. The first-order chi connectivity index (χ1) is 11.5. The van der Waals surface area contributed by atoms with E-state index in [2.05, 4.69) is 4.90 Å². The molecule has 0 N–H and O–H groups in total. The maximum Gasteiger partial charge on any atom is 0.307 e. The third-order valence-corrected chi connectivity index (χ3v) is 5.48. The summed E-state index contributed by atoms with van der Waals surface area (Å²) in [5, 5.41) is 2.56. The van der Waals surface area contributed by atoms with Crippen LogP contribution in [0.15, 0.2) is 34.4 Å². The van der Waals surface area contributed by atoms with Gasteiger partial charge in [-0.1, -0.05) is 22.9 Å². The van der Waals surface area contributed by atoms with Crippen molar-refractivity contribution in [3.8, 4) is 0 Å². The summed E-state index contributed by atoms with van der Waals surface area (Å²) in [7, 11) is 0. The van der Waals surface area contributed by atoms with Gasteiger partial charge in [0, 0.05) is 60.9 Å². The maximum atomic E-state index is 12.4. The minimum Gasteiger partial charge on any atom is -0.368 e. The molecule has 128 valence electrons. The van der Waals surface area contributed by atoms with E-state index in [1.807, 2.05) is 41.5 Å². The first-order valence-electron chi connectivity index (χ1n) is 7.98. The molecule has 7 heteroatoms. The molecule has 0 spiro atoms. The van der Waals surface area contributed by atoms with E-state index in [0.29, 0.717) is 26.1 Å². The maximum absolute atomic E-state index is 12.4. The summed E-state index contributed by atoms with van der Waals surface area (Å²) in [4.78, 5) is 28.2. The van der Waals surface area contributed by atoms with Crippen LogP contribution in [0.25, 0.3) is 0 Å². The molecule has 1 fully saturated rings. The third-order valence-electron chi connectivity index (χ3n) is 4.35. The fourth-order valence-corrected chi connectivity index (χ4v) is 3.79. The van der Waals surface area contributed by atoms with E-state index in [0.717, 1.165) is 29.5 Å². The van der Waals surface area contributed by atoms with Crippen molar-refractivity contribution in [3.05, 3.63) is 50.0 Å². The van der Waals surface area contributed by atoms with Crippen LogP contribution in [-0.2, 0) is 11.3 Å². The Morgan fingerprint density at radius 3 is 2.42 bits per heavy atom. The molecular formula is C17H20ClN3O2S. The topological polar surface area (TPSA) is 45.6 Å². The molecule has 1 saturated heterocycles. The Kier molecular flexibility index (Phi) is 5.26. The molecule has 1 aliphatic heterocycles. The van der Waals surface area contributed by atoms with Crippen LogP contribution in [0.3, 0.4) is 0 Å². The van der Waals surface area contributed by atoms with E-state index in [1.54, 1.807) is 4.57 Å². The van der Waals surface area contributed by atoms with Gasteiger partial charge in [0.25, 0.3) is 0 Å². The van der Waals surface area contributed by atoms with Gasteiger partial charge in [0.05, 0.1) is 0 Å². The summed E-state index contributed by atoms with van der Waals surface area (Å²) in [6, 6.07) is 7.78. The second-order valence-corrected chi connectivity index (χ2v) is 7.15. The van der Waals surface area contributed by atoms with Crippen molar-refractivity contribution in [1.82, 2.24) is 9.47 Å². The lowest BCUT2D eigenvalue weighted by molar-refractivity contribution is -0.131. The first-order valence-corrected chi connectivity index (χ1v) is 9.23. The summed E-state index contributed by atoms with van der Waals surface area (Å²) < 4.78 is 1.67. The molecule has 0 unspecified atom stereocenters. The van der Waals surface area contributed by atoms with Gasteiger partial charge in [-0.05, 0) is 31.2 Å². The van der Waals surface area contributed by atoms with Gasteiger partial charge >= 0.3 is 4.87 Å².